The summed E-state index contributed by atoms with van der Waals surface area (Å²) in [4.78, 5) is 29.8. The van der Waals surface area contributed by atoms with Crippen molar-refractivity contribution < 1.29 is 32.3 Å². The zero-order valence-corrected chi connectivity index (χ0v) is 16.3. The van der Waals surface area contributed by atoms with Gasteiger partial charge in [-0.25, -0.2) is 0 Å². The fourth-order valence-electron chi connectivity index (χ4n) is 3.91. The Morgan fingerprint density at radius 1 is 1.37 bits per heavy atom. The highest BCUT2D eigenvalue weighted by molar-refractivity contribution is 6.08. The molecule has 1 aliphatic heterocycles. The van der Waals surface area contributed by atoms with Crippen molar-refractivity contribution in [1.82, 2.24) is 9.88 Å². The van der Waals surface area contributed by atoms with E-state index in [1.54, 1.807) is 36.4 Å². The fourth-order valence-corrected chi connectivity index (χ4v) is 3.91. The summed E-state index contributed by atoms with van der Waals surface area (Å²) in [6.07, 6.45) is 3.53. The van der Waals surface area contributed by atoms with Crippen molar-refractivity contribution in [3.8, 4) is 5.75 Å². The number of hydrogen-bond donors (Lipinski definition) is 0. The molecule has 1 saturated heterocycles. The quantitative estimate of drug-likeness (QED) is 0.542. The molecule has 158 valence electrons. The van der Waals surface area contributed by atoms with Gasteiger partial charge >= 0.3 is 12.6 Å². The highest BCUT2D eigenvalue weighted by atomic mass is 19.3. The predicted molar refractivity (Wildman–Crippen MR) is 103 cm³/mol. The molecule has 1 unspecified atom stereocenters. The van der Waals surface area contributed by atoms with E-state index in [0.29, 0.717) is 29.5 Å². The Morgan fingerprint density at radius 3 is 2.97 bits per heavy atom. The molecule has 0 bridgehead atoms. The number of ether oxygens (including phenoxy) is 2. The van der Waals surface area contributed by atoms with E-state index >= 15 is 0 Å². The monoisotopic (exact) mass is 418 g/mol. The summed E-state index contributed by atoms with van der Waals surface area (Å²) in [6.45, 7) is -0.280. The summed E-state index contributed by atoms with van der Waals surface area (Å²) in [6, 6.07) is 4.77. The third-order valence-corrected chi connectivity index (χ3v) is 5.18. The standard InChI is InChI=1S/C21H20F2N2O5/c1-2-28-18(27)6-8-25-11-12(9-17(25)26)13-3-4-16(30-21(22)23)20-19(13)14-10-24-7-5-15(14)29-20/h3-5,7,10,12,21H,2,6,8-9,11H2,1H3. The molecule has 1 aromatic carbocycles. The van der Waals surface area contributed by atoms with Crippen LogP contribution in [0.25, 0.3) is 21.9 Å². The number of carbonyl (C=O) groups excluding carboxylic acids is 2. The molecule has 0 radical (unpaired) electrons. The second-order valence-electron chi connectivity index (χ2n) is 7.01. The van der Waals surface area contributed by atoms with Gasteiger partial charge in [0.05, 0.1) is 13.0 Å². The molecule has 1 fully saturated rings. The first kappa shape index (κ1) is 20.1. The number of esters is 1. The number of nitrogens with zero attached hydrogens (tertiary/aromatic N) is 2. The number of amides is 1. The summed E-state index contributed by atoms with van der Waals surface area (Å²) in [5.41, 5.74) is 1.49. The van der Waals surface area contributed by atoms with E-state index in [-0.39, 0.29) is 48.5 Å². The number of hydrogen-bond acceptors (Lipinski definition) is 6. The van der Waals surface area contributed by atoms with Crippen LogP contribution in [0.4, 0.5) is 8.78 Å². The van der Waals surface area contributed by atoms with Crippen LogP contribution in [0, 0.1) is 0 Å². The van der Waals surface area contributed by atoms with Gasteiger partial charge in [0.2, 0.25) is 5.91 Å². The Hall–Kier alpha value is -3.23. The predicted octanol–water partition coefficient (Wildman–Crippen LogP) is 3.85. The van der Waals surface area contributed by atoms with Gasteiger partial charge in [-0.15, -0.1) is 0 Å². The molecule has 0 N–H and O–H groups in total. The smallest absolute Gasteiger partial charge is 0.387 e. The molecule has 2 aromatic heterocycles. The zero-order valence-electron chi connectivity index (χ0n) is 16.3. The van der Waals surface area contributed by atoms with Crippen LogP contribution in [0.15, 0.2) is 35.0 Å². The molecule has 1 aliphatic rings. The molecule has 0 saturated carbocycles. The van der Waals surface area contributed by atoms with Crippen LogP contribution in [0.2, 0.25) is 0 Å². The highest BCUT2D eigenvalue weighted by Gasteiger charge is 2.33. The van der Waals surface area contributed by atoms with Gasteiger partial charge in [-0.3, -0.25) is 14.6 Å². The molecule has 7 nitrogen and oxygen atoms in total. The molecular formula is C21H20F2N2O5. The molecule has 3 aromatic rings. The molecule has 0 spiro atoms. The van der Waals surface area contributed by atoms with Crippen molar-refractivity contribution in [2.24, 2.45) is 0 Å². The average Bonchev–Trinajstić information content (AvgIpc) is 3.28. The minimum absolute atomic E-state index is 0.0663. The minimum Gasteiger partial charge on any atom is -0.466 e. The van der Waals surface area contributed by atoms with Gasteiger partial charge in [-0.2, -0.15) is 8.78 Å². The van der Waals surface area contributed by atoms with Gasteiger partial charge in [-0.1, -0.05) is 6.07 Å². The fraction of sp³-hybridized carbons (Fsp3) is 0.381. The van der Waals surface area contributed by atoms with Gasteiger partial charge in [0.15, 0.2) is 11.3 Å². The van der Waals surface area contributed by atoms with Crippen molar-refractivity contribution in [3.05, 3.63) is 36.2 Å². The SMILES string of the molecule is CCOC(=O)CCN1CC(c2ccc(OC(F)F)c3oc4ccncc4c23)CC1=O. The van der Waals surface area contributed by atoms with Gasteiger partial charge < -0.3 is 18.8 Å². The van der Waals surface area contributed by atoms with E-state index in [1.807, 2.05) is 0 Å². The summed E-state index contributed by atoms with van der Waals surface area (Å²) in [5, 5.41) is 1.28. The number of benzene rings is 1. The average molecular weight is 418 g/mol. The highest BCUT2D eigenvalue weighted by Crippen LogP contribution is 2.42. The zero-order chi connectivity index (χ0) is 21.3. The Kier molecular flexibility index (Phi) is 5.52. The lowest BCUT2D eigenvalue weighted by Gasteiger charge is -2.17. The molecule has 0 aliphatic carbocycles. The van der Waals surface area contributed by atoms with Gasteiger partial charge in [0.1, 0.15) is 5.58 Å². The number of fused-ring (bicyclic) bond motifs is 3. The third kappa shape index (κ3) is 3.79. The van der Waals surface area contributed by atoms with Crippen LogP contribution in [0.1, 0.15) is 31.2 Å². The van der Waals surface area contributed by atoms with E-state index in [4.69, 9.17) is 9.15 Å². The van der Waals surface area contributed by atoms with E-state index < -0.39 is 6.61 Å². The van der Waals surface area contributed by atoms with Crippen molar-refractivity contribution in [1.29, 1.82) is 0 Å². The first-order valence-electron chi connectivity index (χ1n) is 9.65. The lowest BCUT2D eigenvalue weighted by atomic mass is 9.93. The normalized spacial score (nSPS) is 16.7. The van der Waals surface area contributed by atoms with Gasteiger partial charge in [-0.05, 0) is 24.6 Å². The largest absolute Gasteiger partial charge is 0.466 e. The van der Waals surface area contributed by atoms with Crippen LogP contribution in [-0.2, 0) is 14.3 Å². The molecule has 1 atom stereocenters. The second kappa shape index (κ2) is 8.25. The number of halogens is 2. The number of carbonyl (C=O) groups is 2. The van der Waals surface area contributed by atoms with Crippen LogP contribution >= 0.6 is 0 Å². The second-order valence-corrected chi connectivity index (χ2v) is 7.01. The number of furan rings is 1. The Balaban J connectivity index is 1.67. The number of pyridine rings is 1. The Morgan fingerprint density at radius 2 is 2.20 bits per heavy atom. The maximum atomic E-state index is 12.8. The van der Waals surface area contributed by atoms with Crippen LogP contribution < -0.4 is 4.74 Å². The summed E-state index contributed by atoms with van der Waals surface area (Å²) >= 11 is 0. The van der Waals surface area contributed by atoms with Gasteiger partial charge in [0, 0.05) is 48.6 Å². The number of aromatic nitrogens is 1. The summed E-state index contributed by atoms with van der Waals surface area (Å²) in [5.74, 6) is -0.667. The van der Waals surface area contributed by atoms with Crippen molar-refractivity contribution >= 4 is 33.8 Å². The van der Waals surface area contributed by atoms with Crippen molar-refractivity contribution in [3.63, 3.8) is 0 Å². The lowest BCUT2D eigenvalue weighted by Crippen LogP contribution is -2.28. The van der Waals surface area contributed by atoms with Crippen LogP contribution in [0.5, 0.6) is 5.75 Å². The lowest BCUT2D eigenvalue weighted by molar-refractivity contribution is -0.143. The number of likely N-dealkylation sites (tertiary alicyclic amines) is 1. The molecule has 1 amide bonds. The minimum atomic E-state index is -2.99. The first-order chi connectivity index (χ1) is 14.5. The van der Waals surface area contributed by atoms with E-state index in [1.165, 1.54) is 6.07 Å². The molecule has 30 heavy (non-hydrogen) atoms. The van der Waals surface area contributed by atoms with Crippen molar-refractivity contribution in [2.75, 3.05) is 19.7 Å². The maximum absolute atomic E-state index is 12.8. The molecule has 9 heteroatoms. The number of alkyl halides is 2. The van der Waals surface area contributed by atoms with E-state index in [0.717, 1.165) is 5.56 Å². The Bertz CT molecular complexity index is 1100. The van der Waals surface area contributed by atoms with Gasteiger partial charge in [0.25, 0.3) is 0 Å². The summed E-state index contributed by atoms with van der Waals surface area (Å²) in [7, 11) is 0. The topological polar surface area (TPSA) is 81.9 Å². The first-order valence-corrected chi connectivity index (χ1v) is 9.65. The molecular weight excluding hydrogens is 398 g/mol. The van der Waals surface area contributed by atoms with Crippen molar-refractivity contribution in [2.45, 2.75) is 32.3 Å². The Labute approximate surface area is 170 Å². The summed E-state index contributed by atoms with van der Waals surface area (Å²) < 4.78 is 41.0. The molecule has 4 rings (SSSR count). The third-order valence-electron chi connectivity index (χ3n) is 5.18. The van der Waals surface area contributed by atoms with Crippen LogP contribution in [0.3, 0.4) is 0 Å². The molecule has 3 heterocycles. The van der Waals surface area contributed by atoms with E-state index in [9.17, 15) is 18.4 Å². The maximum Gasteiger partial charge on any atom is 0.387 e. The number of rotatable bonds is 7. The van der Waals surface area contributed by atoms with E-state index in [2.05, 4.69) is 9.72 Å². The van der Waals surface area contributed by atoms with Crippen LogP contribution in [-0.4, -0.2) is 48.1 Å².